The average Bonchev–Trinajstić information content (AvgIpc) is 2.50. The number of aryl methyl sites for hydroxylation is 1. The van der Waals surface area contributed by atoms with Gasteiger partial charge in [0.05, 0.1) is 12.2 Å². The lowest BCUT2D eigenvalue weighted by atomic mass is 9.85. The Labute approximate surface area is 107 Å². The highest BCUT2D eigenvalue weighted by molar-refractivity contribution is 6.02. The number of ether oxygens (including phenoxy) is 1. The second-order valence-electron chi connectivity index (χ2n) is 5.83. The largest absolute Gasteiger partial charge is 0.493 e. The first-order chi connectivity index (χ1) is 8.39. The van der Waals surface area contributed by atoms with Gasteiger partial charge in [0.1, 0.15) is 11.6 Å². The Morgan fingerprint density at radius 1 is 1.28 bits per heavy atom. The number of Topliss-reactive ketones (excluding diaryl/α,β-unsaturated/α-hetero) is 1. The van der Waals surface area contributed by atoms with Crippen LogP contribution in [0.3, 0.4) is 0 Å². The SMILES string of the molecule is CC(C)(C)C(=O)c1cc(F)cc2c1OCCCC2. The fraction of sp³-hybridized carbons (Fsp3) is 0.533. The van der Waals surface area contributed by atoms with E-state index in [0.29, 0.717) is 17.9 Å². The number of halogens is 1. The number of carbonyl (C=O) groups is 1. The molecule has 0 amide bonds. The van der Waals surface area contributed by atoms with Crippen molar-refractivity contribution in [2.45, 2.75) is 40.0 Å². The van der Waals surface area contributed by atoms with Crippen molar-refractivity contribution in [1.82, 2.24) is 0 Å². The van der Waals surface area contributed by atoms with Crippen LogP contribution in [0.25, 0.3) is 0 Å². The van der Waals surface area contributed by atoms with E-state index in [1.54, 1.807) is 0 Å². The van der Waals surface area contributed by atoms with Crippen molar-refractivity contribution in [2.24, 2.45) is 5.41 Å². The third-order valence-corrected chi connectivity index (χ3v) is 3.14. The predicted molar refractivity (Wildman–Crippen MR) is 68.6 cm³/mol. The second-order valence-corrected chi connectivity index (χ2v) is 5.83. The molecule has 0 N–H and O–H groups in total. The number of ketones is 1. The van der Waals surface area contributed by atoms with Crippen LogP contribution in [0.15, 0.2) is 12.1 Å². The molecule has 0 spiro atoms. The van der Waals surface area contributed by atoms with Gasteiger partial charge >= 0.3 is 0 Å². The topological polar surface area (TPSA) is 26.3 Å². The minimum absolute atomic E-state index is 0.0693. The highest BCUT2D eigenvalue weighted by Crippen LogP contribution is 2.33. The first-order valence-corrected chi connectivity index (χ1v) is 6.39. The first-order valence-electron chi connectivity index (χ1n) is 6.39. The van der Waals surface area contributed by atoms with Gasteiger partial charge in [0.15, 0.2) is 5.78 Å². The fourth-order valence-electron chi connectivity index (χ4n) is 2.17. The summed E-state index contributed by atoms with van der Waals surface area (Å²) < 4.78 is 19.3. The van der Waals surface area contributed by atoms with Crippen molar-refractivity contribution in [2.75, 3.05) is 6.61 Å². The van der Waals surface area contributed by atoms with Gasteiger partial charge in [-0.3, -0.25) is 4.79 Å². The Hall–Kier alpha value is -1.38. The quantitative estimate of drug-likeness (QED) is 0.709. The molecule has 1 heterocycles. The van der Waals surface area contributed by atoms with Gasteiger partial charge in [0.25, 0.3) is 0 Å². The summed E-state index contributed by atoms with van der Waals surface area (Å²) in [5.74, 6) is 0.167. The molecule has 0 fully saturated rings. The predicted octanol–water partition coefficient (Wildman–Crippen LogP) is 3.77. The Bertz CT molecular complexity index is 472. The summed E-state index contributed by atoms with van der Waals surface area (Å²) in [5.41, 5.74) is 0.677. The van der Waals surface area contributed by atoms with Crippen molar-refractivity contribution in [1.29, 1.82) is 0 Å². The molecule has 2 nitrogen and oxygen atoms in total. The van der Waals surface area contributed by atoms with E-state index in [4.69, 9.17) is 4.74 Å². The van der Waals surface area contributed by atoms with E-state index in [-0.39, 0.29) is 11.6 Å². The highest BCUT2D eigenvalue weighted by atomic mass is 19.1. The molecule has 0 radical (unpaired) electrons. The van der Waals surface area contributed by atoms with E-state index in [2.05, 4.69) is 0 Å². The molecule has 0 saturated heterocycles. The van der Waals surface area contributed by atoms with Crippen molar-refractivity contribution in [3.05, 3.63) is 29.1 Å². The minimum Gasteiger partial charge on any atom is -0.493 e. The molecule has 3 heteroatoms. The number of rotatable bonds is 1. The Morgan fingerprint density at radius 2 is 2.00 bits per heavy atom. The summed E-state index contributed by atoms with van der Waals surface area (Å²) >= 11 is 0. The molecule has 1 aliphatic heterocycles. The summed E-state index contributed by atoms with van der Waals surface area (Å²) in [4.78, 5) is 12.4. The average molecular weight is 250 g/mol. The van der Waals surface area contributed by atoms with Crippen molar-refractivity contribution < 1.29 is 13.9 Å². The van der Waals surface area contributed by atoms with Crippen LogP contribution in [0.5, 0.6) is 5.75 Å². The zero-order valence-corrected chi connectivity index (χ0v) is 11.2. The van der Waals surface area contributed by atoms with Crippen LogP contribution in [0, 0.1) is 11.2 Å². The Kier molecular flexibility index (Phi) is 3.42. The first kappa shape index (κ1) is 13.1. The maximum Gasteiger partial charge on any atom is 0.172 e. The molecule has 0 atom stereocenters. The molecule has 98 valence electrons. The smallest absolute Gasteiger partial charge is 0.172 e. The molecule has 0 saturated carbocycles. The van der Waals surface area contributed by atoms with Gasteiger partial charge in [-0.05, 0) is 37.0 Å². The maximum atomic E-state index is 13.6. The third kappa shape index (κ3) is 2.55. The summed E-state index contributed by atoms with van der Waals surface area (Å²) in [5, 5.41) is 0. The van der Waals surface area contributed by atoms with Gasteiger partial charge in [-0.2, -0.15) is 0 Å². The molecule has 1 aromatic rings. The molecule has 18 heavy (non-hydrogen) atoms. The normalized spacial score (nSPS) is 15.6. The van der Waals surface area contributed by atoms with Crippen LogP contribution in [-0.4, -0.2) is 12.4 Å². The standard InChI is InChI=1S/C15H19FO2/c1-15(2,3)14(17)12-9-11(16)8-10-6-4-5-7-18-13(10)12/h8-9H,4-7H2,1-3H3. The molecule has 1 aromatic carbocycles. The lowest BCUT2D eigenvalue weighted by molar-refractivity contribution is 0.0853. The van der Waals surface area contributed by atoms with E-state index in [1.807, 2.05) is 20.8 Å². The summed E-state index contributed by atoms with van der Waals surface area (Å²) in [7, 11) is 0. The van der Waals surface area contributed by atoms with Crippen LogP contribution < -0.4 is 4.74 Å². The Morgan fingerprint density at radius 3 is 2.67 bits per heavy atom. The minimum atomic E-state index is -0.531. The lowest BCUT2D eigenvalue weighted by Crippen LogP contribution is -2.21. The van der Waals surface area contributed by atoms with Gasteiger partial charge in [-0.15, -0.1) is 0 Å². The van der Waals surface area contributed by atoms with E-state index in [9.17, 15) is 9.18 Å². The van der Waals surface area contributed by atoms with Crippen molar-refractivity contribution in [3.63, 3.8) is 0 Å². The summed E-state index contributed by atoms with van der Waals surface area (Å²) in [6.07, 6.45) is 2.69. The molecule has 0 unspecified atom stereocenters. The van der Waals surface area contributed by atoms with Gasteiger partial charge in [-0.1, -0.05) is 20.8 Å². The zero-order valence-electron chi connectivity index (χ0n) is 11.2. The van der Waals surface area contributed by atoms with E-state index in [1.165, 1.54) is 12.1 Å². The summed E-state index contributed by atoms with van der Waals surface area (Å²) in [6, 6.07) is 2.79. The highest BCUT2D eigenvalue weighted by Gasteiger charge is 2.28. The van der Waals surface area contributed by atoms with Gasteiger partial charge in [0.2, 0.25) is 0 Å². The summed E-state index contributed by atoms with van der Waals surface area (Å²) in [6.45, 7) is 6.11. The van der Waals surface area contributed by atoms with E-state index < -0.39 is 5.41 Å². The second kappa shape index (κ2) is 4.71. The molecule has 0 aromatic heterocycles. The number of fused-ring (bicyclic) bond motifs is 1. The molecule has 1 aliphatic rings. The van der Waals surface area contributed by atoms with E-state index >= 15 is 0 Å². The van der Waals surface area contributed by atoms with Crippen LogP contribution >= 0.6 is 0 Å². The monoisotopic (exact) mass is 250 g/mol. The van der Waals surface area contributed by atoms with Gasteiger partial charge in [0, 0.05) is 5.41 Å². The zero-order chi connectivity index (χ0) is 13.3. The van der Waals surface area contributed by atoms with Crippen LogP contribution in [0.4, 0.5) is 4.39 Å². The number of hydrogen-bond donors (Lipinski definition) is 0. The van der Waals surface area contributed by atoms with Crippen LogP contribution in [-0.2, 0) is 6.42 Å². The molecule has 0 aliphatic carbocycles. The number of benzene rings is 1. The Balaban J connectivity index is 2.53. The number of carbonyl (C=O) groups excluding carboxylic acids is 1. The van der Waals surface area contributed by atoms with Crippen molar-refractivity contribution >= 4 is 5.78 Å². The fourth-order valence-corrected chi connectivity index (χ4v) is 2.17. The van der Waals surface area contributed by atoms with E-state index in [0.717, 1.165) is 24.8 Å². The molecule has 0 bridgehead atoms. The molecule has 2 rings (SSSR count). The molecular formula is C15H19FO2. The molecular weight excluding hydrogens is 231 g/mol. The van der Waals surface area contributed by atoms with Crippen LogP contribution in [0.1, 0.15) is 49.5 Å². The lowest BCUT2D eigenvalue weighted by Gasteiger charge is -2.20. The van der Waals surface area contributed by atoms with Crippen molar-refractivity contribution in [3.8, 4) is 5.75 Å². The van der Waals surface area contributed by atoms with Crippen LogP contribution in [0.2, 0.25) is 0 Å². The number of hydrogen-bond acceptors (Lipinski definition) is 2. The maximum absolute atomic E-state index is 13.6. The third-order valence-electron chi connectivity index (χ3n) is 3.14. The van der Waals surface area contributed by atoms with Gasteiger partial charge in [-0.25, -0.2) is 4.39 Å². The van der Waals surface area contributed by atoms with Gasteiger partial charge < -0.3 is 4.74 Å².